The largest absolute Gasteiger partial charge is 0.487 e. The Kier molecular flexibility index (Phi) is 5.69. The molecule has 2 aromatic rings. The molecular formula is C24H31NO3. The van der Waals surface area contributed by atoms with E-state index >= 15 is 0 Å². The first-order chi connectivity index (χ1) is 13.2. The van der Waals surface area contributed by atoms with Crippen molar-refractivity contribution < 1.29 is 14.3 Å². The number of fused-ring (bicyclic) bond motifs is 1. The van der Waals surface area contributed by atoms with Crippen LogP contribution in [0.25, 0.3) is 0 Å². The summed E-state index contributed by atoms with van der Waals surface area (Å²) in [5.41, 5.74) is 4.10. The summed E-state index contributed by atoms with van der Waals surface area (Å²) < 4.78 is 12.2. The van der Waals surface area contributed by atoms with Crippen molar-refractivity contribution in [2.24, 2.45) is 0 Å². The minimum absolute atomic E-state index is 0.0863. The van der Waals surface area contributed by atoms with Crippen LogP contribution in [0.3, 0.4) is 0 Å². The maximum atomic E-state index is 13.0. The zero-order valence-electron chi connectivity index (χ0n) is 17.8. The van der Waals surface area contributed by atoms with Crippen molar-refractivity contribution in [1.29, 1.82) is 0 Å². The number of hydrogen-bond acceptors (Lipinski definition) is 3. The van der Waals surface area contributed by atoms with Crippen molar-refractivity contribution in [3.05, 3.63) is 58.7 Å². The van der Waals surface area contributed by atoms with Crippen LogP contribution in [0, 0.1) is 20.8 Å². The Morgan fingerprint density at radius 3 is 2.46 bits per heavy atom. The van der Waals surface area contributed by atoms with E-state index in [-0.39, 0.29) is 17.6 Å². The molecule has 2 aromatic carbocycles. The third kappa shape index (κ3) is 4.67. The van der Waals surface area contributed by atoms with E-state index in [2.05, 4.69) is 38.2 Å². The minimum Gasteiger partial charge on any atom is -0.487 e. The fourth-order valence-electron chi connectivity index (χ4n) is 3.85. The topological polar surface area (TPSA) is 47.6 Å². The van der Waals surface area contributed by atoms with Gasteiger partial charge in [0.15, 0.2) is 6.10 Å². The molecule has 150 valence electrons. The highest BCUT2D eigenvalue weighted by Crippen LogP contribution is 2.40. The third-order valence-corrected chi connectivity index (χ3v) is 5.08. The average Bonchev–Trinajstić information content (AvgIpc) is 2.58. The number of nitrogens with one attached hydrogen (secondary N) is 1. The molecular weight excluding hydrogens is 350 g/mol. The predicted octanol–water partition coefficient (Wildman–Crippen LogP) is 5.19. The van der Waals surface area contributed by atoms with Crippen LogP contribution in [0.5, 0.6) is 11.5 Å². The highest BCUT2D eigenvalue weighted by molar-refractivity contribution is 5.81. The van der Waals surface area contributed by atoms with Crippen LogP contribution in [-0.2, 0) is 4.79 Å². The van der Waals surface area contributed by atoms with Gasteiger partial charge in [-0.05, 0) is 70.4 Å². The lowest BCUT2D eigenvalue weighted by Crippen LogP contribution is -2.45. The molecule has 3 rings (SSSR count). The van der Waals surface area contributed by atoms with E-state index in [1.807, 2.05) is 45.0 Å². The van der Waals surface area contributed by atoms with Gasteiger partial charge in [0.25, 0.3) is 5.91 Å². The van der Waals surface area contributed by atoms with Crippen molar-refractivity contribution >= 4 is 5.91 Å². The first-order valence-corrected chi connectivity index (χ1v) is 10.0. The lowest BCUT2D eigenvalue weighted by molar-refractivity contribution is -0.129. The maximum Gasteiger partial charge on any atom is 0.261 e. The lowest BCUT2D eigenvalue weighted by Gasteiger charge is -2.38. The number of carbonyl (C=O) groups excluding carboxylic acids is 1. The Labute approximate surface area is 168 Å². The van der Waals surface area contributed by atoms with Crippen LogP contribution in [-0.4, -0.2) is 17.6 Å². The summed E-state index contributed by atoms with van der Waals surface area (Å²) in [7, 11) is 0. The van der Waals surface area contributed by atoms with E-state index < -0.39 is 6.10 Å². The highest BCUT2D eigenvalue weighted by atomic mass is 16.5. The van der Waals surface area contributed by atoms with Crippen LogP contribution >= 0.6 is 0 Å². The molecule has 0 aromatic heterocycles. The summed E-state index contributed by atoms with van der Waals surface area (Å²) >= 11 is 0. The van der Waals surface area contributed by atoms with E-state index in [0.29, 0.717) is 6.42 Å². The molecule has 0 fully saturated rings. The summed E-state index contributed by atoms with van der Waals surface area (Å²) in [5, 5.41) is 3.21. The van der Waals surface area contributed by atoms with E-state index in [4.69, 9.17) is 9.47 Å². The third-order valence-electron chi connectivity index (χ3n) is 5.08. The monoisotopic (exact) mass is 381 g/mol. The fraction of sp³-hybridized carbons (Fsp3) is 0.458. The van der Waals surface area contributed by atoms with Crippen LogP contribution < -0.4 is 14.8 Å². The average molecular weight is 382 g/mol. The summed E-state index contributed by atoms with van der Waals surface area (Å²) in [6.07, 6.45) is 0.793. The molecule has 4 nitrogen and oxygen atoms in total. The molecule has 1 amide bonds. The molecule has 28 heavy (non-hydrogen) atoms. The molecule has 0 bridgehead atoms. The molecule has 1 aliphatic heterocycles. The Morgan fingerprint density at radius 1 is 1.14 bits per heavy atom. The van der Waals surface area contributed by atoms with E-state index in [1.165, 1.54) is 0 Å². The van der Waals surface area contributed by atoms with Gasteiger partial charge in [0, 0.05) is 12.0 Å². The van der Waals surface area contributed by atoms with E-state index in [9.17, 15) is 4.79 Å². The molecule has 2 atom stereocenters. The fourth-order valence-corrected chi connectivity index (χ4v) is 3.85. The predicted molar refractivity (Wildman–Crippen MR) is 112 cm³/mol. The van der Waals surface area contributed by atoms with E-state index in [1.54, 1.807) is 0 Å². The van der Waals surface area contributed by atoms with Gasteiger partial charge in [0.1, 0.15) is 17.1 Å². The Hall–Kier alpha value is -2.49. The molecule has 0 spiro atoms. The second kappa shape index (κ2) is 7.86. The molecule has 0 unspecified atom stereocenters. The van der Waals surface area contributed by atoms with Crippen LogP contribution in [0.1, 0.15) is 61.9 Å². The SMILES string of the molecule is CC[C@@H](Oc1cc(C)cc(C)c1)C(=O)N[C@H]1CC(C)(C)Oc2ccc(C)cc21. The van der Waals surface area contributed by atoms with Gasteiger partial charge in [-0.15, -0.1) is 0 Å². The van der Waals surface area contributed by atoms with Crippen molar-refractivity contribution in [2.45, 2.75) is 72.1 Å². The Bertz CT molecular complexity index is 852. The second-order valence-corrected chi connectivity index (χ2v) is 8.51. The Morgan fingerprint density at radius 2 is 1.82 bits per heavy atom. The number of carbonyl (C=O) groups is 1. The van der Waals surface area contributed by atoms with Gasteiger partial charge in [0.2, 0.25) is 0 Å². The van der Waals surface area contributed by atoms with Crippen LogP contribution in [0.2, 0.25) is 0 Å². The van der Waals surface area contributed by atoms with Gasteiger partial charge in [-0.1, -0.05) is 30.7 Å². The smallest absolute Gasteiger partial charge is 0.261 e. The highest BCUT2D eigenvalue weighted by Gasteiger charge is 2.35. The van der Waals surface area contributed by atoms with Crippen molar-refractivity contribution in [3.63, 3.8) is 0 Å². The maximum absolute atomic E-state index is 13.0. The molecule has 1 heterocycles. The second-order valence-electron chi connectivity index (χ2n) is 8.51. The summed E-state index contributed by atoms with van der Waals surface area (Å²) in [6, 6.07) is 12.1. The van der Waals surface area contributed by atoms with Gasteiger partial charge in [-0.2, -0.15) is 0 Å². The van der Waals surface area contributed by atoms with Gasteiger partial charge >= 0.3 is 0 Å². The number of benzene rings is 2. The molecule has 1 aliphatic rings. The molecule has 0 saturated carbocycles. The van der Waals surface area contributed by atoms with Gasteiger partial charge in [-0.3, -0.25) is 4.79 Å². The molecule has 0 saturated heterocycles. The zero-order valence-corrected chi connectivity index (χ0v) is 17.8. The van der Waals surface area contributed by atoms with Crippen molar-refractivity contribution in [3.8, 4) is 11.5 Å². The number of rotatable bonds is 5. The number of hydrogen-bond donors (Lipinski definition) is 1. The van der Waals surface area contributed by atoms with Crippen LogP contribution in [0.15, 0.2) is 36.4 Å². The summed E-state index contributed by atoms with van der Waals surface area (Å²) in [4.78, 5) is 13.0. The number of amides is 1. The zero-order chi connectivity index (χ0) is 20.5. The lowest BCUT2D eigenvalue weighted by atomic mass is 9.88. The first kappa shape index (κ1) is 20.2. The number of aryl methyl sites for hydroxylation is 3. The van der Waals surface area contributed by atoms with Gasteiger partial charge in [0.05, 0.1) is 6.04 Å². The number of ether oxygens (including phenoxy) is 2. The van der Waals surface area contributed by atoms with Gasteiger partial charge < -0.3 is 14.8 Å². The standard InChI is InChI=1S/C24H31NO3/c1-7-21(27-18-11-16(3)10-17(4)12-18)23(26)25-20-14-24(5,6)28-22-9-8-15(2)13-19(20)22/h8-13,20-21H,7,14H2,1-6H3,(H,25,26)/t20-,21+/m0/s1. The summed E-state index contributed by atoms with van der Waals surface area (Å²) in [6.45, 7) is 12.2. The molecule has 0 radical (unpaired) electrons. The van der Waals surface area contributed by atoms with E-state index in [0.717, 1.165) is 40.2 Å². The minimum atomic E-state index is -0.527. The molecule has 1 N–H and O–H groups in total. The normalized spacial score (nSPS) is 18.6. The van der Waals surface area contributed by atoms with Crippen molar-refractivity contribution in [1.82, 2.24) is 5.32 Å². The first-order valence-electron chi connectivity index (χ1n) is 10.0. The summed E-state index contributed by atoms with van der Waals surface area (Å²) in [5.74, 6) is 1.50. The molecule has 4 heteroatoms. The van der Waals surface area contributed by atoms with Crippen molar-refractivity contribution in [2.75, 3.05) is 0 Å². The van der Waals surface area contributed by atoms with Crippen LogP contribution in [0.4, 0.5) is 0 Å². The molecule has 0 aliphatic carbocycles. The van der Waals surface area contributed by atoms with Gasteiger partial charge in [-0.25, -0.2) is 0 Å². The quantitative estimate of drug-likeness (QED) is 0.775. The Balaban J connectivity index is 1.79.